The number of carbonyl (C=O) groups excluding carboxylic acids is 2. The third kappa shape index (κ3) is 4.24. The second-order valence-electron chi connectivity index (χ2n) is 9.72. The van der Waals surface area contributed by atoms with Crippen molar-refractivity contribution in [2.75, 3.05) is 18.5 Å². The number of thiazole rings is 1. The number of hydrogen-bond donors (Lipinski definition) is 1. The Balaban J connectivity index is 1.27. The van der Waals surface area contributed by atoms with Crippen LogP contribution in [0.15, 0.2) is 42.3 Å². The number of nitrogens with one attached hydrogen (secondary N) is 1. The summed E-state index contributed by atoms with van der Waals surface area (Å²) in [6.45, 7) is 3.33. The first-order valence-electron chi connectivity index (χ1n) is 12.5. The average molecular weight is 505 g/mol. The van der Waals surface area contributed by atoms with E-state index in [1.54, 1.807) is 39.5 Å². The molecule has 2 saturated heterocycles. The summed E-state index contributed by atoms with van der Waals surface area (Å²) in [4.78, 5) is 37.3. The molecule has 1 aromatic carbocycles. The third-order valence-electron chi connectivity index (χ3n) is 7.18. The molecular formula is C26H28N6O3S. The van der Waals surface area contributed by atoms with Crippen LogP contribution in [0.5, 0.6) is 0 Å². The van der Waals surface area contributed by atoms with Crippen LogP contribution in [0.2, 0.25) is 0 Å². The highest BCUT2D eigenvalue weighted by molar-refractivity contribution is 7.16. The molecule has 0 aliphatic carbocycles. The molecule has 2 aliphatic heterocycles. The van der Waals surface area contributed by atoms with Gasteiger partial charge in [0.05, 0.1) is 45.4 Å². The molecule has 1 N–H and O–H groups in total. The highest BCUT2D eigenvalue weighted by atomic mass is 32.1. The van der Waals surface area contributed by atoms with Crippen LogP contribution in [0.1, 0.15) is 56.9 Å². The van der Waals surface area contributed by atoms with Gasteiger partial charge in [-0.25, -0.2) is 9.67 Å². The average Bonchev–Trinajstić information content (AvgIpc) is 3.56. The van der Waals surface area contributed by atoms with Crippen molar-refractivity contribution in [2.45, 2.75) is 51.3 Å². The van der Waals surface area contributed by atoms with Gasteiger partial charge in [0, 0.05) is 24.7 Å². The molecule has 3 aromatic heterocycles. The highest BCUT2D eigenvalue weighted by Gasteiger charge is 2.35. The first kappa shape index (κ1) is 23.1. The Kier molecular flexibility index (Phi) is 6.14. The Morgan fingerprint density at radius 2 is 2.06 bits per heavy atom. The number of anilines is 1. The maximum Gasteiger partial charge on any atom is 0.314 e. The molecule has 0 bridgehead atoms. The number of amides is 2. The topological polar surface area (TPSA) is 102 Å². The van der Waals surface area contributed by atoms with Gasteiger partial charge in [0.1, 0.15) is 0 Å². The number of carbonyl (C=O) groups is 2. The maximum atomic E-state index is 13.5. The van der Waals surface area contributed by atoms with E-state index in [9.17, 15) is 9.59 Å². The molecule has 9 nitrogen and oxygen atoms in total. The summed E-state index contributed by atoms with van der Waals surface area (Å²) < 4.78 is 8.83. The molecular weight excluding hydrogens is 476 g/mol. The molecule has 0 radical (unpaired) electrons. The number of pyridine rings is 1. The van der Waals surface area contributed by atoms with E-state index in [2.05, 4.69) is 27.3 Å². The Bertz CT molecular complexity index is 1430. The van der Waals surface area contributed by atoms with E-state index in [4.69, 9.17) is 4.74 Å². The molecule has 3 atom stereocenters. The van der Waals surface area contributed by atoms with Crippen molar-refractivity contribution in [3.63, 3.8) is 0 Å². The number of likely N-dealkylation sites (tertiary alicyclic amines) is 1. The fraction of sp³-hybridized carbons (Fsp3) is 0.423. The van der Waals surface area contributed by atoms with Crippen molar-refractivity contribution in [2.24, 2.45) is 5.92 Å². The summed E-state index contributed by atoms with van der Waals surface area (Å²) in [5.74, 6) is -0.895. The minimum atomic E-state index is -0.671. The number of hydrogen-bond acceptors (Lipinski definition) is 7. The van der Waals surface area contributed by atoms with Crippen molar-refractivity contribution in [1.82, 2.24) is 24.6 Å². The van der Waals surface area contributed by atoms with Gasteiger partial charge in [0.25, 0.3) is 0 Å². The van der Waals surface area contributed by atoms with Crippen LogP contribution in [0.4, 0.5) is 5.69 Å². The largest absolute Gasteiger partial charge is 0.356 e. The fourth-order valence-electron chi connectivity index (χ4n) is 5.34. The van der Waals surface area contributed by atoms with Gasteiger partial charge in [0.15, 0.2) is 6.23 Å². The lowest BCUT2D eigenvalue weighted by molar-refractivity contribution is -0.146. The second-order valence-corrected chi connectivity index (χ2v) is 10.6. The zero-order chi connectivity index (χ0) is 24.6. The van der Waals surface area contributed by atoms with Crippen molar-refractivity contribution in [3.05, 3.63) is 47.9 Å². The number of ether oxygens (including phenoxy) is 1. The van der Waals surface area contributed by atoms with Gasteiger partial charge in [-0.15, -0.1) is 11.3 Å². The number of rotatable bonds is 3. The normalized spacial score (nSPS) is 22.7. The molecule has 36 heavy (non-hydrogen) atoms. The van der Waals surface area contributed by atoms with E-state index in [1.165, 1.54) is 0 Å². The van der Waals surface area contributed by atoms with E-state index >= 15 is 0 Å². The van der Waals surface area contributed by atoms with Crippen molar-refractivity contribution < 1.29 is 14.3 Å². The van der Waals surface area contributed by atoms with Crippen LogP contribution < -0.4 is 5.32 Å². The molecule has 186 valence electrons. The molecule has 2 aliphatic rings. The first-order valence-corrected chi connectivity index (χ1v) is 13.3. The lowest BCUT2D eigenvalue weighted by Gasteiger charge is -2.38. The van der Waals surface area contributed by atoms with E-state index in [0.29, 0.717) is 24.8 Å². The van der Waals surface area contributed by atoms with E-state index in [-0.39, 0.29) is 12.3 Å². The number of aromatic nitrogens is 4. The second kappa shape index (κ2) is 9.59. The highest BCUT2D eigenvalue weighted by Crippen LogP contribution is 2.35. The summed E-state index contributed by atoms with van der Waals surface area (Å²) in [6.07, 6.45) is 9.53. The van der Waals surface area contributed by atoms with Gasteiger partial charge in [0.2, 0.25) is 0 Å². The summed E-state index contributed by atoms with van der Waals surface area (Å²) in [5, 5.41) is 8.13. The zero-order valence-electron chi connectivity index (χ0n) is 20.1. The van der Waals surface area contributed by atoms with Crippen LogP contribution in [0.25, 0.3) is 21.1 Å². The van der Waals surface area contributed by atoms with Gasteiger partial charge in [-0.05, 0) is 55.7 Å². The van der Waals surface area contributed by atoms with Gasteiger partial charge in [-0.2, -0.15) is 5.10 Å². The van der Waals surface area contributed by atoms with Crippen LogP contribution in [0, 0.1) is 5.92 Å². The Labute approximate surface area is 212 Å². The molecule has 1 unspecified atom stereocenters. The molecule has 6 rings (SSSR count). The Morgan fingerprint density at radius 1 is 1.14 bits per heavy atom. The molecule has 2 amide bonds. The number of piperidine rings is 1. The third-order valence-corrected chi connectivity index (χ3v) is 7.99. The van der Waals surface area contributed by atoms with Crippen LogP contribution in [0.3, 0.4) is 0 Å². The van der Waals surface area contributed by atoms with Gasteiger partial charge in [-0.1, -0.05) is 13.0 Å². The van der Waals surface area contributed by atoms with Crippen LogP contribution in [-0.4, -0.2) is 49.6 Å². The number of benzene rings is 1. The van der Waals surface area contributed by atoms with E-state index < -0.39 is 11.8 Å². The minimum Gasteiger partial charge on any atom is -0.356 e. The van der Waals surface area contributed by atoms with Gasteiger partial charge in [-0.3, -0.25) is 14.6 Å². The van der Waals surface area contributed by atoms with Crippen molar-refractivity contribution >= 4 is 50.0 Å². The molecule has 2 fully saturated rings. The summed E-state index contributed by atoms with van der Waals surface area (Å²) in [7, 11) is 0. The standard InChI is InChI=1S/C26H28N6O3S/c1-16-5-7-21(17-6-8-22-19(10-17)28-15-36-22)31(14-16)26(34)25(33)30-20-13-27-11-18-12-29-32(24(18)20)23-4-2-3-9-35-23/h6,8,10-13,15-16,21,23H,2-5,7,9,14H2,1H3,(H,30,33)/t16-,21+,23?/m0/s1. The zero-order valence-corrected chi connectivity index (χ0v) is 20.9. The van der Waals surface area contributed by atoms with E-state index in [0.717, 1.165) is 58.8 Å². The predicted molar refractivity (Wildman–Crippen MR) is 137 cm³/mol. The maximum absolute atomic E-state index is 13.5. The lowest BCUT2D eigenvalue weighted by atomic mass is 9.89. The minimum absolute atomic E-state index is 0.166. The quantitative estimate of drug-likeness (QED) is 0.407. The Hall–Kier alpha value is -3.37. The monoisotopic (exact) mass is 504 g/mol. The molecule has 5 heterocycles. The summed E-state index contributed by atoms with van der Waals surface area (Å²) in [5.41, 5.74) is 4.94. The molecule has 0 spiro atoms. The number of fused-ring (bicyclic) bond motifs is 2. The van der Waals surface area contributed by atoms with Crippen LogP contribution in [-0.2, 0) is 14.3 Å². The van der Waals surface area contributed by atoms with Gasteiger partial charge < -0.3 is 15.0 Å². The first-order chi connectivity index (χ1) is 17.6. The predicted octanol–water partition coefficient (Wildman–Crippen LogP) is 4.68. The SMILES string of the molecule is C[C@H]1CC[C@H](c2ccc3scnc3c2)N(C(=O)C(=O)Nc2cncc3cnn(C4CCCCO4)c23)C1. The number of nitrogens with zero attached hydrogens (tertiary/aromatic N) is 5. The molecule has 10 heteroatoms. The van der Waals surface area contributed by atoms with Gasteiger partial charge >= 0.3 is 11.8 Å². The van der Waals surface area contributed by atoms with Crippen molar-refractivity contribution in [1.29, 1.82) is 0 Å². The fourth-order valence-corrected chi connectivity index (χ4v) is 6.00. The Morgan fingerprint density at radius 3 is 2.92 bits per heavy atom. The molecule has 4 aromatic rings. The smallest absolute Gasteiger partial charge is 0.314 e. The summed E-state index contributed by atoms with van der Waals surface area (Å²) in [6, 6.07) is 5.97. The molecule has 0 saturated carbocycles. The van der Waals surface area contributed by atoms with E-state index in [1.807, 2.05) is 23.7 Å². The van der Waals surface area contributed by atoms with Crippen LogP contribution >= 0.6 is 11.3 Å². The summed E-state index contributed by atoms with van der Waals surface area (Å²) >= 11 is 1.59. The van der Waals surface area contributed by atoms with Crippen molar-refractivity contribution in [3.8, 4) is 0 Å². The lowest BCUT2D eigenvalue weighted by Crippen LogP contribution is -2.46.